The zero-order chi connectivity index (χ0) is 28.6. The highest BCUT2D eigenvalue weighted by Gasteiger charge is 2.30. The lowest BCUT2D eigenvalue weighted by atomic mass is 10.00. The number of fused-ring (bicyclic) bond motifs is 2. The van der Waals surface area contributed by atoms with Gasteiger partial charge in [0.05, 0.1) is 5.75 Å². The Kier molecular flexibility index (Phi) is 7.48. The second-order valence-corrected chi connectivity index (χ2v) is 12.8. The number of aromatic nitrogens is 1. The molecule has 1 fully saturated rings. The molecule has 1 atom stereocenters. The number of pyridine rings is 1. The number of rotatable bonds is 7. The minimum atomic E-state index is -3.78. The van der Waals surface area contributed by atoms with E-state index in [-0.39, 0.29) is 17.5 Å². The molecule has 6 rings (SSSR count). The second kappa shape index (κ2) is 11.2. The van der Waals surface area contributed by atoms with Crippen molar-refractivity contribution in [1.82, 2.24) is 14.6 Å². The van der Waals surface area contributed by atoms with Crippen molar-refractivity contribution in [2.75, 3.05) is 25.0 Å². The van der Waals surface area contributed by atoms with Crippen LogP contribution in [-0.2, 0) is 22.2 Å². The number of carbonyl (C=O) groups excluding carboxylic acids is 1. The molecule has 212 valence electrons. The minimum Gasteiger partial charge on any atom is -0.371 e. The summed E-state index contributed by atoms with van der Waals surface area (Å²) in [5.41, 5.74) is 3.72. The maximum atomic E-state index is 14.1. The zero-order valence-corrected chi connectivity index (χ0v) is 23.8. The van der Waals surface area contributed by atoms with E-state index in [4.69, 9.17) is 0 Å². The van der Waals surface area contributed by atoms with Gasteiger partial charge in [0.25, 0.3) is 5.91 Å². The molecule has 2 aliphatic rings. The van der Waals surface area contributed by atoms with Gasteiger partial charge < -0.3 is 9.80 Å². The van der Waals surface area contributed by atoms with Crippen LogP contribution in [-0.4, -0.2) is 50.4 Å². The number of benzene rings is 3. The summed E-state index contributed by atoms with van der Waals surface area (Å²) in [6, 6.07) is 19.6. The van der Waals surface area contributed by atoms with E-state index in [0.29, 0.717) is 12.0 Å². The molecule has 1 aliphatic heterocycles. The second-order valence-electron chi connectivity index (χ2n) is 11.0. The van der Waals surface area contributed by atoms with Gasteiger partial charge >= 0.3 is 0 Å². The van der Waals surface area contributed by atoms with E-state index in [2.05, 4.69) is 32.8 Å². The van der Waals surface area contributed by atoms with Gasteiger partial charge in [-0.3, -0.25) is 9.78 Å². The average molecular weight is 573 g/mol. The third-order valence-electron chi connectivity index (χ3n) is 8.42. The van der Waals surface area contributed by atoms with Crippen molar-refractivity contribution >= 4 is 32.4 Å². The Labute approximate surface area is 240 Å². The van der Waals surface area contributed by atoms with Gasteiger partial charge in [0.1, 0.15) is 5.82 Å². The molecular weight excluding hydrogens is 539 g/mol. The summed E-state index contributed by atoms with van der Waals surface area (Å²) in [4.78, 5) is 21.9. The van der Waals surface area contributed by atoms with Crippen LogP contribution in [0, 0.1) is 5.82 Å². The molecule has 1 unspecified atom stereocenters. The zero-order valence-electron chi connectivity index (χ0n) is 23.0. The number of carbonyl (C=O) groups is 1. The van der Waals surface area contributed by atoms with E-state index in [1.54, 1.807) is 12.3 Å². The van der Waals surface area contributed by atoms with Crippen LogP contribution in [0.3, 0.4) is 0 Å². The summed E-state index contributed by atoms with van der Waals surface area (Å²) in [5.74, 6) is -1.03. The van der Waals surface area contributed by atoms with Gasteiger partial charge in [-0.25, -0.2) is 17.5 Å². The number of amides is 1. The van der Waals surface area contributed by atoms with Crippen molar-refractivity contribution in [2.45, 2.75) is 43.5 Å². The van der Waals surface area contributed by atoms with Crippen LogP contribution < -0.4 is 9.62 Å². The van der Waals surface area contributed by atoms with Crippen molar-refractivity contribution in [2.24, 2.45) is 0 Å². The van der Waals surface area contributed by atoms with Crippen LogP contribution >= 0.6 is 0 Å². The minimum absolute atomic E-state index is 0.0654. The van der Waals surface area contributed by atoms with E-state index in [0.717, 1.165) is 54.3 Å². The largest absolute Gasteiger partial charge is 0.371 e. The van der Waals surface area contributed by atoms with Crippen LogP contribution in [0.1, 0.15) is 52.4 Å². The fourth-order valence-corrected chi connectivity index (χ4v) is 7.49. The Hall–Kier alpha value is -3.82. The number of piperidine rings is 1. The van der Waals surface area contributed by atoms with Gasteiger partial charge in [-0.1, -0.05) is 30.3 Å². The lowest BCUT2D eigenvalue weighted by Crippen LogP contribution is -2.45. The maximum absolute atomic E-state index is 14.1. The Bertz CT molecular complexity index is 1700. The lowest BCUT2D eigenvalue weighted by molar-refractivity contribution is 0.0709. The Morgan fingerprint density at radius 1 is 1.02 bits per heavy atom. The van der Waals surface area contributed by atoms with E-state index in [1.807, 2.05) is 42.4 Å². The summed E-state index contributed by atoms with van der Waals surface area (Å²) >= 11 is 0. The highest BCUT2D eigenvalue weighted by molar-refractivity contribution is 7.88. The number of anilines is 1. The van der Waals surface area contributed by atoms with Gasteiger partial charge in [0.2, 0.25) is 10.0 Å². The number of halogens is 1. The predicted molar refractivity (Wildman–Crippen MR) is 159 cm³/mol. The molecule has 1 aromatic heterocycles. The molecule has 4 aromatic rings. The molecule has 1 amide bonds. The number of aryl methyl sites for hydroxylation is 1. The van der Waals surface area contributed by atoms with E-state index in [1.165, 1.54) is 23.9 Å². The highest BCUT2D eigenvalue weighted by Crippen LogP contribution is 2.33. The molecule has 2 heterocycles. The third-order valence-corrected chi connectivity index (χ3v) is 9.75. The Balaban J connectivity index is 1.11. The first kappa shape index (κ1) is 27.4. The first-order valence-corrected chi connectivity index (χ1v) is 15.6. The first-order valence-electron chi connectivity index (χ1n) is 14.0. The topological polar surface area (TPSA) is 82.6 Å². The van der Waals surface area contributed by atoms with Crippen LogP contribution in [0.4, 0.5) is 10.1 Å². The van der Waals surface area contributed by atoms with Gasteiger partial charge in [-0.05, 0) is 78.6 Å². The fourth-order valence-electron chi connectivity index (χ4n) is 6.08. The summed E-state index contributed by atoms with van der Waals surface area (Å²) in [6.07, 6.45) is 6.72. The average Bonchev–Trinajstić information content (AvgIpc) is 3.38. The normalized spacial score (nSPS) is 17.5. The van der Waals surface area contributed by atoms with E-state index >= 15 is 0 Å². The Morgan fingerprint density at radius 2 is 1.83 bits per heavy atom. The van der Waals surface area contributed by atoms with Gasteiger partial charge in [-0.2, -0.15) is 0 Å². The number of nitrogens with one attached hydrogen (secondary N) is 1. The number of sulfonamides is 1. The van der Waals surface area contributed by atoms with Crippen LogP contribution in [0.2, 0.25) is 0 Å². The molecule has 0 radical (unpaired) electrons. The molecule has 0 bridgehead atoms. The van der Waals surface area contributed by atoms with Crippen LogP contribution in [0.25, 0.3) is 10.8 Å². The number of hydrogen-bond acceptors (Lipinski definition) is 5. The summed E-state index contributed by atoms with van der Waals surface area (Å²) in [7, 11) is -1.93. The molecule has 7 nitrogen and oxygen atoms in total. The molecule has 41 heavy (non-hydrogen) atoms. The van der Waals surface area contributed by atoms with E-state index < -0.39 is 27.6 Å². The lowest BCUT2D eigenvalue weighted by Gasteiger charge is -2.38. The van der Waals surface area contributed by atoms with Crippen molar-refractivity contribution in [3.8, 4) is 0 Å². The van der Waals surface area contributed by atoms with Crippen molar-refractivity contribution in [3.63, 3.8) is 0 Å². The fraction of sp³-hybridized carbons (Fsp3) is 0.312. The van der Waals surface area contributed by atoms with Gasteiger partial charge in [0.15, 0.2) is 0 Å². The smallest absolute Gasteiger partial charge is 0.253 e. The van der Waals surface area contributed by atoms with Gasteiger partial charge in [-0.15, -0.1) is 0 Å². The van der Waals surface area contributed by atoms with Crippen LogP contribution in [0.15, 0.2) is 79.1 Å². The van der Waals surface area contributed by atoms with E-state index in [9.17, 15) is 17.6 Å². The molecule has 1 saturated heterocycles. The molecular formula is C32H33FN4O3S. The summed E-state index contributed by atoms with van der Waals surface area (Å²) in [5, 5.41) is 2.28. The SMILES string of the molecule is CN(C(=O)c1ccc2c(c1)C(NS(=O)(=O)Cc1ccccc1F)CC2)C1CCN(c2ccc3cnccc3c2)CC1. The van der Waals surface area contributed by atoms with Crippen molar-refractivity contribution < 1.29 is 17.6 Å². The quantitative estimate of drug-likeness (QED) is 0.328. The number of hydrogen-bond donors (Lipinski definition) is 1. The molecule has 0 saturated carbocycles. The van der Waals surface area contributed by atoms with Gasteiger partial charge in [0, 0.05) is 66.8 Å². The molecule has 9 heteroatoms. The molecule has 0 spiro atoms. The molecule has 1 N–H and O–H groups in total. The monoisotopic (exact) mass is 572 g/mol. The predicted octanol–water partition coefficient (Wildman–Crippen LogP) is 5.22. The number of nitrogens with zero attached hydrogens (tertiary/aromatic N) is 3. The molecule has 3 aromatic carbocycles. The highest BCUT2D eigenvalue weighted by atomic mass is 32.2. The van der Waals surface area contributed by atoms with Crippen molar-refractivity contribution in [3.05, 3.63) is 107 Å². The Morgan fingerprint density at radius 3 is 2.63 bits per heavy atom. The first-order chi connectivity index (χ1) is 19.8. The maximum Gasteiger partial charge on any atom is 0.253 e. The molecule has 1 aliphatic carbocycles. The summed E-state index contributed by atoms with van der Waals surface area (Å²) in [6.45, 7) is 1.71. The van der Waals surface area contributed by atoms with Crippen molar-refractivity contribution in [1.29, 1.82) is 0 Å². The third kappa shape index (κ3) is 5.83. The van der Waals surface area contributed by atoms with Crippen LogP contribution in [0.5, 0.6) is 0 Å². The summed E-state index contributed by atoms with van der Waals surface area (Å²) < 4.78 is 42.6. The standard InChI is InChI=1S/C32H33FN4O3S/c1-36(27-13-16-37(17-14-27)28-10-8-25-20-34-15-12-23(25)18-28)32(38)24-7-6-22-9-11-31(29(22)19-24)35-41(39,40)21-26-4-2-3-5-30(26)33/h2-8,10,12,15,18-20,27,31,35H,9,11,13-14,16-17,21H2,1H3.